The fraction of sp³-hybridized carbons (Fsp3) is 0.133. The zero-order valence-electron chi connectivity index (χ0n) is 11.8. The van der Waals surface area contributed by atoms with Gasteiger partial charge in [-0.1, -0.05) is 17.7 Å². The van der Waals surface area contributed by atoms with E-state index in [1.54, 1.807) is 19.1 Å². The summed E-state index contributed by atoms with van der Waals surface area (Å²) in [6.45, 7) is 1.61. The fourth-order valence-electron chi connectivity index (χ4n) is 1.78. The zero-order valence-corrected chi connectivity index (χ0v) is 13.3. The molecule has 2 N–H and O–H groups in total. The third-order valence-electron chi connectivity index (χ3n) is 2.96. The van der Waals surface area contributed by atoms with Crippen molar-refractivity contribution in [2.45, 2.75) is 13.1 Å². The molecule has 0 heterocycles. The van der Waals surface area contributed by atoms with Crippen LogP contribution in [0.5, 0.6) is 0 Å². The van der Waals surface area contributed by atoms with Gasteiger partial charge in [-0.05, 0) is 55.0 Å². The molecule has 0 fully saturated rings. The van der Waals surface area contributed by atoms with E-state index in [-0.39, 0.29) is 10.8 Å². The van der Waals surface area contributed by atoms with Gasteiger partial charge in [0, 0.05) is 11.4 Å². The van der Waals surface area contributed by atoms with Gasteiger partial charge in [-0.2, -0.15) is 13.2 Å². The molecule has 0 aliphatic heterocycles. The second kappa shape index (κ2) is 6.72. The number of thiocarbonyl (C=S) groups is 1. The van der Waals surface area contributed by atoms with Gasteiger partial charge in [0.2, 0.25) is 0 Å². The Morgan fingerprint density at radius 1 is 1.04 bits per heavy atom. The van der Waals surface area contributed by atoms with Crippen molar-refractivity contribution in [1.82, 2.24) is 0 Å². The minimum atomic E-state index is -4.57. The van der Waals surface area contributed by atoms with E-state index >= 15 is 0 Å². The first-order chi connectivity index (χ1) is 10.7. The highest BCUT2D eigenvalue weighted by Gasteiger charge is 2.33. The van der Waals surface area contributed by atoms with Gasteiger partial charge < -0.3 is 10.6 Å². The van der Waals surface area contributed by atoms with E-state index in [0.29, 0.717) is 11.3 Å². The van der Waals surface area contributed by atoms with Gasteiger partial charge in [-0.25, -0.2) is 4.39 Å². The van der Waals surface area contributed by atoms with E-state index in [9.17, 15) is 17.6 Å². The minimum absolute atomic E-state index is 0.0312. The minimum Gasteiger partial charge on any atom is -0.332 e. The number of halogens is 5. The summed E-state index contributed by atoms with van der Waals surface area (Å²) in [5, 5.41) is 4.93. The van der Waals surface area contributed by atoms with E-state index in [4.69, 9.17) is 23.8 Å². The molecule has 0 aliphatic carbocycles. The second-order valence-corrected chi connectivity index (χ2v) is 5.55. The number of aryl methyl sites for hydroxylation is 1. The topological polar surface area (TPSA) is 24.1 Å². The molecule has 0 amide bonds. The Hall–Kier alpha value is -1.86. The predicted molar refractivity (Wildman–Crippen MR) is 87.4 cm³/mol. The summed E-state index contributed by atoms with van der Waals surface area (Å²) in [6.07, 6.45) is -4.57. The molecule has 0 spiro atoms. The summed E-state index contributed by atoms with van der Waals surface area (Å²) in [6, 6.07) is 7.75. The Morgan fingerprint density at radius 3 is 2.17 bits per heavy atom. The van der Waals surface area contributed by atoms with Gasteiger partial charge in [0.15, 0.2) is 5.11 Å². The van der Waals surface area contributed by atoms with Crippen LogP contribution in [-0.2, 0) is 6.18 Å². The lowest BCUT2D eigenvalue weighted by Crippen LogP contribution is -2.19. The summed E-state index contributed by atoms with van der Waals surface area (Å²) < 4.78 is 51.8. The fourth-order valence-corrected chi connectivity index (χ4v) is 2.24. The van der Waals surface area contributed by atoms with Gasteiger partial charge in [0.25, 0.3) is 0 Å². The lowest BCUT2D eigenvalue weighted by molar-refractivity contribution is -0.137. The number of rotatable bonds is 2. The van der Waals surface area contributed by atoms with Crippen molar-refractivity contribution >= 4 is 40.3 Å². The van der Waals surface area contributed by atoms with Crippen molar-refractivity contribution < 1.29 is 17.6 Å². The van der Waals surface area contributed by atoms with Crippen molar-refractivity contribution in [1.29, 1.82) is 0 Å². The van der Waals surface area contributed by atoms with Gasteiger partial charge in [0.05, 0.1) is 10.6 Å². The standard InChI is InChI=1S/C15H11ClF4N2S/c1-8-2-3-10(7-13(8)17)22-14(23)21-9-4-5-12(16)11(6-9)15(18,19)20/h2-7H,1H3,(H2,21,22,23). The molecular weight excluding hydrogens is 352 g/mol. The quantitative estimate of drug-likeness (QED) is 0.536. The molecule has 0 aliphatic rings. The summed E-state index contributed by atoms with van der Waals surface area (Å²) in [7, 11) is 0. The van der Waals surface area contributed by atoms with Crippen molar-refractivity contribution in [3.63, 3.8) is 0 Å². The molecule has 2 aromatic carbocycles. The van der Waals surface area contributed by atoms with Crippen molar-refractivity contribution in [3.8, 4) is 0 Å². The average molecular weight is 363 g/mol. The summed E-state index contributed by atoms with van der Waals surface area (Å²) in [5.41, 5.74) is 0.0118. The Kier molecular flexibility index (Phi) is 5.11. The van der Waals surface area contributed by atoms with E-state index in [1.807, 2.05) is 0 Å². The Balaban J connectivity index is 2.12. The van der Waals surface area contributed by atoms with Crippen LogP contribution in [0.25, 0.3) is 0 Å². The molecule has 2 aromatic rings. The maximum atomic E-state index is 13.4. The summed E-state index contributed by atoms with van der Waals surface area (Å²) >= 11 is 10.5. The number of hydrogen-bond acceptors (Lipinski definition) is 1. The molecule has 2 rings (SSSR count). The van der Waals surface area contributed by atoms with Gasteiger partial charge >= 0.3 is 6.18 Å². The van der Waals surface area contributed by atoms with E-state index < -0.39 is 22.6 Å². The highest BCUT2D eigenvalue weighted by molar-refractivity contribution is 7.80. The van der Waals surface area contributed by atoms with Crippen LogP contribution in [0.2, 0.25) is 5.02 Å². The largest absolute Gasteiger partial charge is 0.417 e. The highest BCUT2D eigenvalue weighted by Crippen LogP contribution is 2.36. The molecule has 2 nitrogen and oxygen atoms in total. The summed E-state index contributed by atoms with van der Waals surface area (Å²) in [5.74, 6) is -0.413. The van der Waals surface area contributed by atoms with Crippen LogP contribution in [0.15, 0.2) is 36.4 Å². The number of benzene rings is 2. The van der Waals surface area contributed by atoms with Crippen molar-refractivity contribution in [2.24, 2.45) is 0 Å². The number of alkyl halides is 3. The molecule has 122 valence electrons. The summed E-state index contributed by atoms with van der Waals surface area (Å²) in [4.78, 5) is 0. The second-order valence-electron chi connectivity index (χ2n) is 4.74. The predicted octanol–water partition coefficient (Wildman–Crippen LogP) is 5.62. The maximum absolute atomic E-state index is 13.4. The van der Waals surface area contributed by atoms with Gasteiger partial charge in [-0.15, -0.1) is 0 Å². The van der Waals surface area contributed by atoms with Crippen LogP contribution in [0, 0.1) is 12.7 Å². The van der Waals surface area contributed by atoms with Crippen LogP contribution in [0.4, 0.5) is 28.9 Å². The molecule has 0 saturated heterocycles. The molecule has 23 heavy (non-hydrogen) atoms. The first-order valence-electron chi connectivity index (χ1n) is 6.38. The molecule has 0 saturated carbocycles. The Bertz CT molecular complexity index is 747. The molecule has 0 radical (unpaired) electrons. The number of nitrogens with one attached hydrogen (secondary N) is 2. The van der Waals surface area contributed by atoms with Gasteiger partial charge in [0.1, 0.15) is 5.82 Å². The SMILES string of the molecule is Cc1ccc(NC(=S)Nc2ccc(Cl)c(C(F)(F)F)c2)cc1F. The smallest absolute Gasteiger partial charge is 0.332 e. The van der Waals surface area contributed by atoms with Crippen LogP contribution < -0.4 is 10.6 Å². The Morgan fingerprint density at radius 2 is 1.61 bits per heavy atom. The van der Waals surface area contributed by atoms with Crippen LogP contribution >= 0.6 is 23.8 Å². The third-order valence-corrected chi connectivity index (χ3v) is 3.49. The van der Waals surface area contributed by atoms with Crippen molar-refractivity contribution in [2.75, 3.05) is 10.6 Å². The normalized spacial score (nSPS) is 11.2. The van der Waals surface area contributed by atoms with Gasteiger partial charge in [-0.3, -0.25) is 0 Å². The molecule has 0 bridgehead atoms. The van der Waals surface area contributed by atoms with E-state index in [2.05, 4.69) is 10.6 Å². The molecule has 0 unspecified atom stereocenters. The number of hydrogen-bond donors (Lipinski definition) is 2. The lowest BCUT2D eigenvalue weighted by Gasteiger charge is -2.14. The van der Waals surface area contributed by atoms with Crippen LogP contribution in [0.3, 0.4) is 0 Å². The van der Waals surface area contributed by atoms with Crippen molar-refractivity contribution in [3.05, 3.63) is 58.4 Å². The lowest BCUT2D eigenvalue weighted by atomic mass is 10.2. The van der Waals surface area contributed by atoms with E-state index in [0.717, 1.165) is 12.1 Å². The van der Waals surface area contributed by atoms with E-state index in [1.165, 1.54) is 12.1 Å². The van der Waals surface area contributed by atoms with Crippen LogP contribution in [-0.4, -0.2) is 5.11 Å². The number of anilines is 2. The Labute approximate surface area is 140 Å². The highest BCUT2D eigenvalue weighted by atomic mass is 35.5. The molecular formula is C15H11ClF4N2S. The zero-order chi connectivity index (χ0) is 17.2. The molecule has 8 heteroatoms. The monoisotopic (exact) mass is 362 g/mol. The molecule has 0 atom stereocenters. The average Bonchev–Trinajstić information content (AvgIpc) is 2.44. The third kappa shape index (κ3) is 4.56. The molecule has 0 aromatic heterocycles. The maximum Gasteiger partial charge on any atom is 0.417 e. The first-order valence-corrected chi connectivity index (χ1v) is 7.16. The van der Waals surface area contributed by atoms with Crippen LogP contribution in [0.1, 0.15) is 11.1 Å². The first kappa shape index (κ1) is 17.5.